The molecule has 3 aliphatic rings. The molecule has 0 amide bonds. The number of epoxide rings is 1. The fraction of sp³-hybridized carbons (Fsp3) is 0.867. The van der Waals surface area contributed by atoms with E-state index in [0.717, 1.165) is 31.1 Å². The van der Waals surface area contributed by atoms with Gasteiger partial charge in [0.25, 0.3) is 0 Å². The van der Waals surface area contributed by atoms with Gasteiger partial charge in [-0.1, -0.05) is 26.0 Å². The summed E-state index contributed by atoms with van der Waals surface area (Å²) in [7, 11) is 0. The highest BCUT2D eigenvalue weighted by Crippen LogP contribution is 2.59. The zero-order valence-corrected chi connectivity index (χ0v) is 11.0. The molecule has 0 aromatic rings. The van der Waals surface area contributed by atoms with E-state index in [4.69, 9.17) is 4.74 Å². The predicted octanol–water partition coefficient (Wildman–Crippen LogP) is 2.91. The SMILES string of the molecule is C=C1CC[C@@H]2O[C@]2(CO)CC[C@@H]2[C@@H]1CC2(C)C. The molecule has 1 N–H and O–H groups in total. The molecule has 0 bridgehead atoms. The van der Waals surface area contributed by atoms with Crippen LogP contribution in [0.15, 0.2) is 12.2 Å². The Balaban J connectivity index is 1.77. The standard InChI is InChI=1S/C15H24O2/c1-10-4-5-13-15(9-16,17-13)7-6-12-11(10)8-14(12,2)3/h11-13,16H,1,4-9H2,2-3H3/t11-,12-,13+,15+/m1/s1. The van der Waals surface area contributed by atoms with Crippen LogP contribution < -0.4 is 0 Å². The first-order chi connectivity index (χ1) is 7.98. The second-order valence-corrected chi connectivity index (χ2v) is 6.97. The predicted molar refractivity (Wildman–Crippen MR) is 67.7 cm³/mol. The van der Waals surface area contributed by atoms with Gasteiger partial charge in [-0.2, -0.15) is 0 Å². The Morgan fingerprint density at radius 3 is 2.82 bits per heavy atom. The summed E-state index contributed by atoms with van der Waals surface area (Å²) >= 11 is 0. The van der Waals surface area contributed by atoms with Gasteiger partial charge in [-0.05, 0) is 49.4 Å². The fourth-order valence-electron chi connectivity index (χ4n) is 4.18. The van der Waals surface area contributed by atoms with Crippen molar-refractivity contribution in [3.8, 4) is 0 Å². The summed E-state index contributed by atoms with van der Waals surface area (Å²) < 4.78 is 5.76. The highest BCUT2D eigenvalue weighted by Gasteiger charge is 2.58. The van der Waals surface area contributed by atoms with Crippen molar-refractivity contribution >= 4 is 0 Å². The largest absolute Gasteiger partial charge is 0.393 e. The second-order valence-electron chi connectivity index (χ2n) is 6.97. The van der Waals surface area contributed by atoms with Crippen molar-refractivity contribution in [1.29, 1.82) is 0 Å². The molecule has 0 aromatic heterocycles. The van der Waals surface area contributed by atoms with E-state index in [-0.39, 0.29) is 12.2 Å². The molecule has 17 heavy (non-hydrogen) atoms. The van der Waals surface area contributed by atoms with Crippen molar-refractivity contribution in [2.45, 2.75) is 57.7 Å². The topological polar surface area (TPSA) is 32.8 Å². The monoisotopic (exact) mass is 236 g/mol. The van der Waals surface area contributed by atoms with Gasteiger partial charge in [-0.25, -0.2) is 0 Å². The lowest BCUT2D eigenvalue weighted by molar-refractivity contribution is -0.00507. The molecule has 4 atom stereocenters. The molecule has 96 valence electrons. The van der Waals surface area contributed by atoms with E-state index in [0.29, 0.717) is 11.5 Å². The number of aliphatic hydroxyl groups excluding tert-OH is 1. The molecule has 0 aromatic carbocycles. The third-order valence-corrected chi connectivity index (χ3v) is 5.54. The Labute approximate surface area is 104 Å². The van der Waals surface area contributed by atoms with Gasteiger partial charge in [-0.15, -0.1) is 0 Å². The minimum Gasteiger partial charge on any atom is -0.393 e. The summed E-state index contributed by atoms with van der Waals surface area (Å²) in [6.45, 7) is 9.23. The normalized spacial score (nSPS) is 47.9. The van der Waals surface area contributed by atoms with E-state index in [1.165, 1.54) is 18.4 Å². The first kappa shape index (κ1) is 11.7. The molecule has 1 heterocycles. The zero-order chi connectivity index (χ0) is 12.3. The highest BCUT2D eigenvalue weighted by atomic mass is 16.6. The molecule has 3 rings (SSSR count). The highest BCUT2D eigenvalue weighted by molar-refractivity contribution is 5.16. The van der Waals surface area contributed by atoms with Crippen LogP contribution in [0.2, 0.25) is 0 Å². The van der Waals surface area contributed by atoms with Gasteiger partial charge in [0.1, 0.15) is 5.60 Å². The smallest absolute Gasteiger partial charge is 0.118 e. The second kappa shape index (κ2) is 3.58. The lowest BCUT2D eigenvalue weighted by Gasteiger charge is -2.53. The third-order valence-electron chi connectivity index (χ3n) is 5.54. The summed E-state index contributed by atoms with van der Waals surface area (Å²) in [4.78, 5) is 0. The molecule has 0 unspecified atom stereocenters. The first-order valence-corrected chi connectivity index (χ1v) is 6.95. The molecule has 3 fully saturated rings. The quantitative estimate of drug-likeness (QED) is 0.561. The van der Waals surface area contributed by atoms with Crippen LogP contribution in [-0.2, 0) is 4.74 Å². The molecule has 0 radical (unpaired) electrons. The number of hydrogen-bond donors (Lipinski definition) is 1. The van der Waals surface area contributed by atoms with E-state index in [1.807, 2.05) is 0 Å². The van der Waals surface area contributed by atoms with E-state index in [1.54, 1.807) is 0 Å². The number of fused-ring (bicyclic) bond motifs is 2. The van der Waals surface area contributed by atoms with Crippen molar-refractivity contribution in [3.63, 3.8) is 0 Å². The number of aliphatic hydroxyl groups is 1. The Morgan fingerprint density at radius 2 is 2.18 bits per heavy atom. The molecule has 1 saturated heterocycles. The minimum atomic E-state index is -0.180. The molecule has 2 nitrogen and oxygen atoms in total. The van der Waals surface area contributed by atoms with Crippen LogP contribution in [0.5, 0.6) is 0 Å². The van der Waals surface area contributed by atoms with Crippen LogP contribution in [0, 0.1) is 17.3 Å². The summed E-state index contributed by atoms with van der Waals surface area (Å²) in [5, 5.41) is 9.52. The fourth-order valence-corrected chi connectivity index (χ4v) is 4.18. The van der Waals surface area contributed by atoms with Crippen molar-refractivity contribution in [1.82, 2.24) is 0 Å². The number of hydrogen-bond acceptors (Lipinski definition) is 2. The maximum Gasteiger partial charge on any atom is 0.118 e. The van der Waals surface area contributed by atoms with Crippen LogP contribution in [0.3, 0.4) is 0 Å². The number of allylic oxidation sites excluding steroid dienone is 1. The maximum absolute atomic E-state index is 9.52. The molecular weight excluding hydrogens is 212 g/mol. The van der Waals surface area contributed by atoms with Crippen LogP contribution in [0.4, 0.5) is 0 Å². The summed E-state index contributed by atoms with van der Waals surface area (Å²) in [5.74, 6) is 1.49. The lowest BCUT2D eigenvalue weighted by atomic mass is 9.52. The van der Waals surface area contributed by atoms with Crippen LogP contribution >= 0.6 is 0 Å². The van der Waals surface area contributed by atoms with Crippen molar-refractivity contribution in [2.75, 3.05) is 6.61 Å². The van der Waals surface area contributed by atoms with Crippen LogP contribution in [0.25, 0.3) is 0 Å². The van der Waals surface area contributed by atoms with E-state index in [9.17, 15) is 5.11 Å². The van der Waals surface area contributed by atoms with Gasteiger partial charge >= 0.3 is 0 Å². The summed E-state index contributed by atoms with van der Waals surface area (Å²) in [6, 6.07) is 0. The van der Waals surface area contributed by atoms with Crippen LogP contribution in [0.1, 0.15) is 46.0 Å². The lowest BCUT2D eigenvalue weighted by Crippen LogP contribution is -2.45. The van der Waals surface area contributed by atoms with Gasteiger partial charge in [0.05, 0.1) is 12.7 Å². The maximum atomic E-state index is 9.52. The molecule has 1 aliphatic heterocycles. The zero-order valence-electron chi connectivity index (χ0n) is 11.0. The Bertz CT molecular complexity index is 347. The number of ether oxygens (including phenoxy) is 1. The Kier molecular flexibility index (Phi) is 2.47. The molecule has 2 aliphatic carbocycles. The van der Waals surface area contributed by atoms with Crippen LogP contribution in [-0.4, -0.2) is 23.4 Å². The van der Waals surface area contributed by atoms with Crippen molar-refractivity contribution in [3.05, 3.63) is 12.2 Å². The molecule has 2 heteroatoms. The van der Waals surface area contributed by atoms with E-state index >= 15 is 0 Å². The van der Waals surface area contributed by atoms with E-state index in [2.05, 4.69) is 20.4 Å². The summed E-state index contributed by atoms with van der Waals surface area (Å²) in [6.07, 6.45) is 5.96. The average Bonchev–Trinajstić information content (AvgIpc) is 2.96. The summed E-state index contributed by atoms with van der Waals surface area (Å²) in [5.41, 5.74) is 1.71. The Hall–Kier alpha value is -0.340. The number of rotatable bonds is 1. The first-order valence-electron chi connectivity index (χ1n) is 6.95. The van der Waals surface area contributed by atoms with Gasteiger partial charge in [0, 0.05) is 0 Å². The third kappa shape index (κ3) is 1.68. The molecular formula is C15H24O2. The average molecular weight is 236 g/mol. The van der Waals surface area contributed by atoms with Crippen molar-refractivity contribution in [2.24, 2.45) is 17.3 Å². The molecule has 2 saturated carbocycles. The van der Waals surface area contributed by atoms with E-state index < -0.39 is 0 Å². The van der Waals surface area contributed by atoms with Gasteiger partial charge in [-0.3, -0.25) is 0 Å². The van der Waals surface area contributed by atoms with Gasteiger partial charge in [0.15, 0.2) is 0 Å². The van der Waals surface area contributed by atoms with Crippen molar-refractivity contribution < 1.29 is 9.84 Å². The molecule has 0 spiro atoms. The van der Waals surface area contributed by atoms with Gasteiger partial charge < -0.3 is 9.84 Å². The van der Waals surface area contributed by atoms with Gasteiger partial charge in [0.2, 0.25) is 0 Å². The minimum absolute atomic E-state index is 0.180. The Morgan fingerprint density at radius 1 is 1.41 bits per heavy atom.